The van der Waals surface area contributed by atoms with Gasteiger partial charge in [-0.25, -0.2) is 0 Å². The maximum Gasteiger partial charge on any atom is 0.314 e. The predicted octanol–water partition coefficient (Wildman–Crippen LogP) is 7.66. The molecule has 0 aromatic heterocycles. The Bertz CT molecular complexity index is 583. The topological polar surface area (TPSA) is 26.3 Å². The molecule has 28 heavy (non-hydrogen) atoms. The van der Waals surface area contributed by atoms with Crippen molar-refractivity contribution in [3.63, 3.8) is 0 Å². The van der Waals surface area contributed by atoms with Crippen LogP contribution in [-0.2, 0) is 4.79 Å². The number of carbonyl (C=O) groups excluding carboxylic acids is 1. The van der Waals surface area contributed by atoms with Crippen LogP contribution in [0.2, 0.25) is 0 Å². The average Bonchev–Trinajstić information content (AvgIpc) is 3.19. The van der Waals surface area contributed by atoms with Gasteiger partial charge in [-0.2, -0.15) is 0 Å². The standard InChI is InChI=1S/C26H40O2/c1-3-5-6-8-21-11-14-24(19-21)26(27)28-25-17-15-23(16-18-25)22-12-9-20(7-4-2)10-13-22/h15-18,20-22,24H,3-14,19H2,1-2H3/t20?,21-,22?,24-/m0/s1. The summed E-state index contributed by atoms with van der Waals surface area (Å²) in [5.74, 6) is 3.19. The van der Waals surface area contributed by atoms with Gasteiger partial charge < -0.3 is 4.74 Å². The molecule has 156 valence electrons. The molecule has 0 bridgehead atoms. The van der Waals surface area contributed by atoms with Crippen molar-refractivity contribution in [3.05, 3.63) is 29.8 Å². The van der Waals surface area contributed by atoms with E-state index >= 15 is 0 Å². The summed E-state index contributed by atoms with van der Waals surface area (Å²) < 4.78 is 5.72. The van der Waals surface area contributed by atoms with E-state index in [0.717, 1.165) is 30.4 Å². The van der Waals surface area contributed by atoms with Crippen LogP contribution >= 0.6 is 0 Å². The molecule has 1 aromatic rings. The van der Waals surface area contributed by atoms with Crippen LogP contribution in [0.3, 0.4) is 0 Å². The predicted molar refractivity (Wildman–Crippen MR) is 117 cm³/mol. The molecule has 2 nitrogen and oxygen atoms in total. The Hall–Kier alpha value is -1.31. The summed E-state index contributed by atoms with van der Waals surface area (Å²) in [5.41, 5.74) is 1.42. The summed E-state index contributed by atoms with van der Waals surface area (Å²) in [6.07, 6.45) is 16.5. The zero-order valence-electron chi connectivity index (χ0n) is 18.1. The third-order valence-corrected chi connectivity index (χ3v) is 7.20. The summed E-state index contributed by atoms with van der Waals surface area (Å²) >= 11 is 0. The highest BCUT2D eigenvalue weighted by molar-refractivity contribution is 5.75. The van der Waals surface area contributed by atoms with Gasteiger partial charge in [-0.3, -0.25) is 4.79 Å². The Balaban J connectivity index is 1.44. The van der Waals surface area contributed by atoms with Crippen LogP contribution in [0.15, 0.2) is 24.3 Å². The number of ether oxygens (including phenoxy) is 1. The first kappa shape index (κ1) is 21.4. The highest BCUT2D eigenvalue weighted by Crippen LogP contribution is 2.38. The van der Waals surface area contributed by atoms with Gasteiger partial charge in [0.25, 0.3) is 0 Å². The van der Waals surface area contributed by atoms with Crippen molar-refractivity contribution in [2.45, 2.75) is 103 Å². The van der Waals surface area contributed by atoms with Crippen LogP contribution in [-0.4, -0.2) is 5.97 Å². The Morgan fingerprint density at radius 3 is 2.25 bits per heavy atom. The maximum absolute atomic E-state index is 12.6. The van der Waals surface area contributed by atoms with Crippen LogP contribution in [0.25, 0.3) is 0 Å². The lowest BCUT2D eigenvalue weighted by molar-refractivity contribution is -0.138. The third kappa shape index (κ3) is 6.09. The smallest absolute Gasteiger partial charge is 0.314 e. The van der Waals surface area contributed by atoms with Gasteiger partial charge in [-0.1, -0.05) is 64.5 Å². The Morgan fingerprint density at radius 1 is 0.857 bits per heavy atom. The van der Waals surface area contributed by atoms with Crippen LogP contribution in [0.1, 0.15) is 109 Å². The second kappa shape index (κ2) is 11.0. The van der Waals surface area contributed by atoms with E-state index in [1.807, 2.05) is 12.1 Å². The van der Waals surface area contributed by atoms with E-state index in [1.54, 1.807) is 0 Å². The minimum atomic E-state index is -0.00850. The molecule has 0 unspecified atom stereocenters. The number of carbonyl (C=O) groups is 1. The molecular formula is C26H40O2. The van der Waals surface area contributed by atoms with E-state index in [4.69, 9.17) is 4.74 Å². The molecule has 2 atom stereocenters. The minimum Gasteiger partial charge on any atom is -0.426 e. The number of hydrogen-bond acceptors (Lipinski definition) is 2. The number of unbranched alkanes of at least 4 members (excludes halogenated alkanes) is 2. The zero-order chi connectivity index (χ0) is 19.8. The second-order valence-electron chi connectivity index (χ2n) is 9.37. The summed E-state index contributed by atoms with van der Waals surface area (Å²) in [5, 5.41) is 0. The fourth-order valence-corrected chi connectivity index (χ4v) is 5.43. The molecule has 1 aromatic carbocycles. The lowest BCUT2D eigenvalue weighted by Crippen LogP contribution is -2.18. The van der Waals surface area contributed by atoms with Crippen molar-refractivity contribution < 1.29 is 9.53 Å². The van der Waals surface area contributed by atoms with Gasteiger partial charge in [0.05, 0.1) is 5.92 Å². The fourth-order valence-electron chi connectivity index (χ4n) is 5.43. The second-order valence-corrected chi connectivity index (χ2v) is 9.37. The molecule has 0 amide bonds. The molecule has 2 aliphatic rings. The Morgan fingerprint density at radius 2 is 1.57 bits per heavy atom. The molecule has 0 N–H and O–H groups in total. The fraction of sp³-hybridized carbons (Fsp3) is 0.731. The van der Waals surface area contributed by atoms with Gasteiger partial charge >= 0.3 is 5.97 Å². The van der Waals surface area contributed by atoms with E-state index in [-0.39, 0.29) is 11.9 Å². The zero-order valence-corrected chi connectivity index (χ0v) is 18.1. The van der Waals surface area contributed by atoms with Crippen molar-refractivity contribution in [1.82, 2.24) is 0 Å². The molecule has 0 heterocycles. The lowest BCUT2D eigenvalue weighted by atomic mass is 9.77. The normalized spacial score (nSPS) is 27.6. The van der Waals surface area contributed by atoms with Crippen LogP contribution in [0.5, 0.6) is 5.75 Å². The molecular weight excluding hydrogens is 344 g/mol. The van der Waals surface area contributed by atoms with Crippen LogP contribution in [0.4, 0.5) is 0 Å². The molecule has 2 aliphatic carbocycles. The van der Waals surface area contributed by atoms with Crippen molar-refractivity contribution in [2.75, 3.05) is 0 Å². The molecule has 3 rings (SSSR count). The van der Waals surface area contributed by atoms with E-state index in [1.165, 1.54) is 76.2 Å². The SMILES string of the molecule is CCCCC[C@H]1CC[C@H](C(=O)Oc2ccc(C3CCC(CCC)CC3)cc2)C1. The van der Waals surface area contributed by atoms with Crippen LogP contribution in [0, 0.1) is 17.8 Å². The first-order valence-electron chi connectivity index (χ1n) is 12.0. The number of hydrogen-bond donors (Lipinski definition) is 0. The quantitative estimate of drug-likeness (QED) is 0.248. The molecule has 0 aliphatic heterocycles. The monoisotopic (exact) mass is 384 g/mol. The highest BCUT2D eigenvalue weighted by atomic mass is 16.5. The van der Waals surface area contributed by atoms with Crippen molar-refractivity contribution in [1.29, 1.82) is 0 Å². The molecule has 0 spiro atoms. The van der Waals surface area contributed by atoms with Gasteiger partial charge in [0.2, 0.25) is 0 Å². The molecule has 2 fully saturated rings. The lowest BCUT2D eigenvalue weighted by Gasteiger charge is -2.28. The number of esters is 1. The number of rotatable bonds is 9. The van der Waals surface area contributed by atoms with E-state index in [2.05, 4.69) is 26.0 Å². The van der Waals surface area contributed by atoms with Gasteiger partial charge in [0, 0.05) is 0 Å². The van der Waals surface area contributed by atoms with Gasteiger partial charge in [0.1, 0.15) is 5.75 Å². The first-order chi connectivity index (χ1) is 13.7. The molecule has 2 heteroatoms. The van der Waals surface area contributed by atoms with Crippen molar-refractivity contribution in [3.8, 4) is 5.75 Å². The molecule has 2 saturated carbocycles. The summed E-state index contributed by atoms with van der Waals surface area (Å²) in [7, 11) is 0. The summed E-state index contributed by atoms with van der Waals surface area (Å²) in [6, 6.07) is 8.41. The number of benzene rings is 1. The minimum absolute atomic E-state index is 0.00850. The maximum atomic E-state index is 12.6. The van der Waals surface area contributed by atoms with E-state index in [9.17, 15) is 4.79 Å². The first-order valence-corrected chi connectivity index (χ1v) is 12.0. The Kier molecular flexibility index (Phi) is 8.43. The van der Waals surface area contributed by atoms with Crippen molar-refractivity contribution in [2.24, 2.45) is 17.8 Å². The summed E-state index contributed by atoms with van der Waals surface area (Å²) in [4.78, 5) is 12.6. The Labute approximate surface area is 172 Å². The third-order valence-electron chi connectivity index (χ3n) is 7.20. The van der Waals surface area contributed by atoms with E-state index in [0.29, 0.717) is 5.92 Å². The van der Waals surface area contributed by atoms with Gasteiger partial charge in [0.15, 0.2) is 0 Å². The molecule has 0 saturated heterocycles. The average molecular weight is 385 g/mol. The largest absolute Gasteiger partial charge is 0.426 e. The van der Waals surface area contributed by atoms with E-state index < -0.39 is 0 Å². The van der Waals surface area contributed by atoms with Crippen LogP contribution < -0.4 is 4.74 Å². The van der Waals surface area contributed by atoms with Gasteiger partial charge in [-0.15, -0.1) is 0 Å². The molecule has 0 radical (unpaired) electrons. The van der Waals surface area contributed by atoms with Gasteiger partial charge in [-0.05, 0) is 80.4 Å². The summed E-state index contributed by atoms with van der Waals surface area (Å²) in [6.45, 7) is 4.54. The van der Waals surface area contributed by atoms with Crippen molar-refractivity contribution >= 4 is 5.97 Å². The highest BCUT2D eigenvalue weighted by Gasteiger charge is 2.31.